The van der Waals surface area contributed by atoms with Crippen LogP contribution in [0.3, 0.4) is 0 Å². The predicted molar refractivity (Wildman–Crippen MR) is 118 cm³/mol. The number of piperazine rings is 1. The van der Waals surface area contributed by atoms with E-state index in [4.69, 9.17) is 5.11 Å². The summed E-state index contributed by atoms with van der Waals surface area (Å²) in [5.41, 5.74) is 2.19. The van der Waals surface area contributed by atoms with E-state index < -0.39 is 18.5 Å². The Morgan fingerprint density at radius 1 is 1.39 bits per heavy atom. The lowest BCUT2D eigenvalue weighted by atomic mass is 10.1. The van der Waals surface area contributed by atoms with E-state index >= 15 is 0 Å². The van der Waals surface area contributed by atoms with Gasteiger partial charge in [0.05, 0.1) is 16.8 Å². The number of carbonyl (C=O) groups excluding carboxylic acids is 1. The molecule has 164 valence electrons. The Bertz CT molecular complexity index is 1110. The average molecular weight is 446 g/mol. The highest BCUT2D eigenvalue weighted by molar-refractivity contribution is 7.22. The highest BCUT2D eigenvalue weighted by Gasteiger charge is 2.30. The first-order chi connectivity index (χ1) is 14.9. The molecule has 3 heterocycles. The van der Waals surface area contributed by atoms with Crippen molar-refractivity contribution in [3.63, 3.8) is 0 Å². The SMILES string of the molecule is Cc1ccc2sc(NC(=O)N3CCN(c4ncc([C@@H](O)CO)cc4F)C[C@H]3C)nc2c1. The highest BCUT2D eigenvalue weighted by Crippen LogP contribution is 2.28. The number of hydrogen-bond donors (Lipinski definition) is 3. The van der Waals surface area contributed by atoms with Crippen LogP contribution in [0.25, 0.3) is 10.2 Å². The first kappa shape index (κ1) is 21.4. The molecule has 31 heavy (non-hydrogen) atoms. The number of hydrogen-bond acceptors (Lipinski definition) is 7. The molecule has 2 atom stereocenters. The maximum absolute atomic E-state index is 14.5. The zero-order valence-corrected chi connectivity index (χ0v) is 18.1. The number of carbonyl (C=O) groups is 1. The Morgan fingerprint density at radius 2 is 2.19 bits per heavy atom. The quantitative estimate of drug-likeness (QED) is 0.571. The summed E-state index contributed by atoms with van der Waals surface area (Å²) in [5.74, 6) is -0.401. The molecule has 1 aliphatic heterocycles. The van der Waals surface area contributed by atoms with Crippen molar-refractivity contribution < 1.29 is 19.4 Å². The van der Waals surface area contributed by atoms with Gasteiger partial charge in [0, 0.05) is 37.4 Å². The van der Waals surface area contributed by atoms with Crippen molar-refractivity contribution >= 4 is 38.5 Å². The zero-order valence-electron chi connectivity index (χ0n) is 17.2. The summed E-state index contributed by atoms with van der Waals surface area (Å²) in [5, 5.41) is 22.1. The number of aryl methyl sites for hydroxylation is 1. The molecule has 2 aromatic heterocycles. The molecule has 0 unspecified atom stereocenters. The molecule has 1 fully saturated rings. The fraction of sp³-hybridized carbons (Fsp3) is 0.381. The summed E-state index contributed by atoms with van der Waals surface area (Å²) in [6.07, 6.45) is 0.194. The number of aromatic nitrogens is 2. The molecule has 3 N–H and O–H groups in total. The number of nitrogens with one attached hydrogen (secondary N) is 1. The van der Waals surface area contributed by atoms with Gasteiger partial charge >= 0.3 is 6.03 Å². The van der Waals surface area contributed by atoms with Crippen molar-refractivity contribution in [3.05, 3.63) is 47.4 Å². The van der Waals surface area contributed by atoms with Gasteiger partial charge in [0.1, 0.15) is 6.10 Å². The van der Waals surface area contributed by atoms with Crippen LogP contribution in [0.2, 0.25) is 0 Å². The number of benzene rings is 1. The van der Waals surface area contributed by atoms with Gasteiger partial charge in [-0.05, 0) is 37.6 Å². The molecule has 1 saturated heterocycles. The van der Waals surface area contributed by atoms with E-state index in [1.165, 1.54) is 23.6 Å². The second-order valence-corrected chi connectivity index (χ2v) is 8.71. The van der Waals surface area contributed by atoms with Crippen LogP contribution < -0.4 is 10.2 Å². The lowest BCUT2D eigenvalue weighted by molar-refractivity contribution is 0.0951. The van der Waals surface area contributed by atoms with Gasteiger partial charge in [-0.15, -0.1) is 0 Å². The molecule has 4 rings (SSSR count). The number of anilines is 2. The minimum atomic E-state index is -1.16. The number of aliphatic hydroxyl groups excluding tert-OH is 2. The monoisotopic (exact) mass is 445 g/mol. The maximum atomic E-state index is 14.5. The fourth-order valence-corrected chi connectivity index (χ4v) is 4.51. The van der Waals surface area contributed by atoms with Crippen LogP contribution in [-0.2, 0) is 0 Å². The van der Waals surface area contributed by atoms with Gasteiger partial charge in [-0.3, -0.25) is 5.32 Å². The van der Waals surface area contributed by atoms with E-state index in [2.05, 4.69) is 15.3 Å². The van der Waals surface area contributed by atoms with Crippen LogP contribution in [0, 0.1) is 12.7 Å². The van der Waals surface area contributed by atoms with Crippen molar-refractivity contribution in [1.82, 2.24) is 14.9 Å². The largest absolute Gasteiger partial charge is 0.393 e. The second-order valence-electron chi connectivity index (χ2n) is 7.68. The van der Waals surface area contributed by atoms with Gasteiger partial charge < -0.3 is 20.0 Å². The Labute approximate surface area is 183 Å². The van der Waals surface area contributed by atoms with Crippen LogP contribution in [0.5, 0.6) is 0 Å². The fourth-order valence-electron chi connectivity index (χ4n) is 3.67. The molecule has 0 saturated carbocycles. The standard InChI is InChI=1S/C21H24FN5O3S/c1-12-3-4-18-16(7-12)24-20(31-18)25-21(30)27-6-5-26(10-13(27)2)19-15(22)8-14(9-23-19)17(29)11-28/h3-4,7-9,13,17,28-29H,5-6,10-11H2,1-2H3,(H,24,25,30)/t13-,17+/m1/s1. The van der Waals surface area contributed by atoms with Gasteiger partial charge in [0.2, 0.25) is 0 Å². The summed E-state index contributed by atoms with van der Waals surface area (Å²) in [6, 6.07) is 6.76. The van der Waals surface area contributed by atoms with Crippen molar-refractivity contribution in [3.8, 4) is 0 Å². The average Bonchev–Trinajstić information content (AvgIpc) is 3.14. The molecule has 3 aromatic rings. The van der Waals surface area contributed by atoms with E-state index in [0.717, 1.165) is 15.8 Å². The first-order valence-electron chi connectivity index (χ1n) is 10.00. The zero-order chi connectivity index (χ0) is 22.1. The van der Waals surface area contributed by atoms with E-state index in [1.807, 2.05) is 32.0 Å². The minimum Gasteiger partial charge on any atom is -0.393 e. The minimum absolute atomic E-state index is 0.169. The number of halogens is 1. The number of nitrogens with zero attached hydrogens (tertiary/aromatic N) is 4. The molecule has 1 aromatic carbocycles. The summed E-state index contributed by atoms with van der Waals surface area (Å²) in [4.78, 5) is 24.9. The third-order valence-corrected chi connectivity index (χ3v) is 6.30. The Balaban J connectivity index is 1.42. The van der Waals surface area contributed by atoms with Crippen molar-refractivity contribution in [2.45, 2.75) is 26.0 Å². The van der Waals surface area contributed by atoms with E-state index in [9.17, 15) is 14.3 Å². The first-order valence-corrected chi connectivity index (χ1v) is 10.8. The number of fused-ring (bicyclic) bond motifs is 1. The van der Waals surface area contributed by atoms with Crippen molar-refractivity contribution in [1.29, 1.82) is 0 Å². The van der Waals surface area contributed by atoms with Gasteiger partial charge in [-0.25, -0.2) is 19.2 Å². The van der Waals surface area contributed by atoms with Crippen LogP contribution in [-0.4, -0.2) is 63.4 Å². The summed E-state index contributed by atoms with van der Waals surface area (Å²) in [6.45, 7) is 4.63. The molecule has 0 bridgehead atoms. The van der Waals surface area contributed by atoms with Gasteiger partial charge in [0.15, 0.2) is 16.8 Å². The summed E-state index contributed by atoms with van der Waals surface area (Å²) < 4.78 is 15.5. The van der Waals surface area contributed by atoms with E-state index in [1.54, 1.807) is 9.80 Å². The molecule has 8 nitrogen and oxygen atoms in total. The van der Waals surface area contributed by atoms with Crippen LogP contribution in [0.1, 0.15) is 24.2 Å². The van der Waals surface area contributed by atoms with Crippen molar-refractivity contribution in [2.24, 2.45) is 0 Å². The van der Waals surface area contributed by atoms with Crippen LogP contribution in [0.15, 0.2) is 30.5 Å². The molecule has 0 spiro atoms. The van der Waals surface area contributed by atoms with Gasteiger partial charge in [0.25, 0.3) is 0 Å². The maximum Gasteiger partial charge on any atom is 0.324 e. The number of amides is 2. The highest BCUT2D eigenvalue weighted by atomic mass is 32.1. The molecule has 0 aliphatic carbocycles. The Hall–Kier alpha value is -2.82. The molecule has 1 aliphatic rings. The third-order valence-electron chi connectivity index (χ3n) is 5.35. The number of urea groups is 1. The van der Waals surface area contributed by atoms with Gasteiger partial charge in [-0.2, -0.15) is 0 Å². The smallest absolute Gasteiger partial charge is 0.324 e. The summed E-state index contributed by atoms with van der Waals surface area (Å²) in [7, 11) is 0. The van der Waals surface area contributed by atoms with Crippen molar-refractivity contribution in [2.75, 3.05) is 36.5 Å². The number of rotatable bonds is 4. The van der Waals surface area contributed by atoms with Crippen LogP contribution >= 0.6 is 11.3 Å². The summed E-state index contributed by atoms with van der Waals surface area (Å²) >= 11 is 1.43. The molecule has 0 radical (unpaired) electrons. The van der Waals surface area contributed by atoms with E-state index in [-0.39, 0.29) is 23.5 Å². The predicted octanol–water partition coefficient (Wildman–Crippen LogP) is 2.91. The number of pyridine rings is 1. The van der Waals surface area contributed by atoms with Crippen LogP contribution in [0.4, 0.5) is 20.1 Å². The second kappa shape index (κ2) is 8.74. The normalized spacial score (nSPS) is 17.8. The molecule has 2 amide bonds. The lowest BCUT2D eigenvalue weighted by Crippen LogP contribution is -2.55. The third kappa shape index (κ3) is 4.46. The topological polar surface area (TPSA) is 102 Å². The van der Waals surface area contributed by atoms with E-state index in [0.29, 0.717) is 24.8 Å². The lowest BCUT2D eigenvalue weighted by Gasteiger charge is -2.40. The number of thiazole rings is 1. The Morgan fingerprint density at radius 3 is 2.90 bits per heavy atom. The number of aliphatic hydroxyl groups is 2. The Kier molecular flexibility index (Phi) is 6.03. The molecule has 10 heteroatoms. The molecular formula is C21H24FN5O3S. The molecular weight excluding hydrogens is 421 g/mol. The van der Waals surface area contributed by atoms with Gasteiger partial charge in [-0.1, -0.05) is 17.4 Å².